The molecule has 2 aromatic carbocycles. The molecule has 1 N–H and O–H groups in total. The van der Waals surface area contributed by atoms with Crippen LogP contribution in [-0.4, -0.2) is 23.6 Å². The molecule has 5 heteroatoms. The number of benzene rings is 2. The van der Waals surface area contributed by atoms with Gasteiger partial charge in [-0.25, -0.2) is 4.79 Å². The van der Waals surface area contributed by atoms with Crippen molar-refractivity contribution in [2.75, 3.05) is 6.54 Å². The maximum atomic E-state index is 13.0. The molecule has 0 radical (unpaired) electrons. The number of fused-ring (bicyclic) bond motifs is 2. The average Bonchev–Trinajstić information content (AvgIpc) is 2.72. The van der Waals surface area contributed by atoms with Crippen LogP contribution in [0.5, 0.6) is 0 Å². The molecule has 0 saturated carbocycles. The summed E-state index contributed by atoms with van der Waals surface area (Å²) in [7, 11) is 0. The molecule has 1 aromatic heterocycles. The summed E-state index contributed by atoms with van der Waals surface area (Å²) >= 11 is 0. The van der Waals surface area contributed by atoms with Crippen molar-refractivity contribution in [1.29, 1.82) is 5.26 Å². The van der Waals surface area contributed by atoms with Crippen molar-refractivity contribution in [2.45, 2.75) is 32.5 Å². The summed E-state index contributed by atoms with van der Waals surface area (Å²) < 4.78 is 5.38. The first-order valence-electron chi connectivity index (χ1n) is 9.54. The van der Waals surface area contributed by atoms with Crippen molar-refractivity contribution in [3.05, 3.63) is 77.0 Å². The van der Waals surface area contributed by atoms with Gasteiger partial charge in [0.15, 0.2) is 6.10 Å². The second-order valence-corrected chi connectivity index (χ2v) is 7.19. The van der Waals surface area contributed by atoms with Gasteiger partial charge in [-0.15, -0.1) is 0 Å². The van der Waals surface area contributed by atoms with E-state index in [4.69, 9.17) is 15.0 Å². The SMILES string of the molecule is C[C@@H](C#N)OC(=O)c1c2c(nc3ccccc13)CC[NH+](Cc1ccccc1)C2. The van der Waals surface area contributed by atoms with E-state index < -0.39 is 12.1 Å². The van der Waals surface area contributed by atoms with E-state index in [1.807, 2.05) is 48.5 Å². The van der Waals surface area contributed by atoms with Crippen molar-refractivity contribution in [2.24, 2.45) is 0 Å². The van der Waals surface area contributed by atoms with Gasteiger partial charge in [0.25, 0.3) is 0 Å². The number of aromatic nitrogens is 1. The van der Waals surface area contributed by atoms with E-state index >= 15 is 0 Å². The number of nitrogens with zero attached hydrogens (tertiary/aromatic N) is 2. The van der Waals surface area contributed by atoms with Gasteiger partial charge >= 0.3 is 5.97 Å². The quantitative estimate of drug-likeness (QED) is 0.715. The summed E-state index contributed by atoms with van der Waals surface area (Å²) in [4.78, 5) is 19.2. The third-order valence-corrected chi connectivity index (χ3v) is 5.19. The van der Waals surface area contributed by atoms with Crippen molar-refractivity contribution in [1.82, 2.24) is 4.98 Å². The van der Waals surface area contributed by atoms with Gasteiger partial charge in [0.2, 0.25) is 0 Å². The molecule has 2 atom stereocenters. The number of hydrogen-bond acceptors (Lipinski definition) is 4. The predicted molar refractivity (Wildman–Crippen MR) is 106 cm³/mol. The monoisotopic (exact) mass is 372 g/mol. The molecular weight excluding hydrogens is 350 g/mol. The lowest BCUT2D eigenvalue weighted by Crippen LogP contribution is -3.10. The van der Waals surface area contributed by atoms with Gasteiger partial charge < -0.3 is 9.64 Å². The number of hydrogen-bond donors (Lipinski definition) is 1. The van der Waals surface area contributed by atoms with E-state index in [0.717, 1.165) is 41.7 Å². The topological polar surface area (TPSA) is 67.4 Å². The largest absolute Gasteiger partial charge is 0.444 e. The van der Waals surface area contributed by atoms with E-state index in [9.17, 15) is 4.79 Å². The summed E-state index contributed by atoms with van der Waals surface area (Å²) in [5, 5.41) is 9.83. The summed E-state index contributed by atoms with van der Waals surface area (Å²) in [6.45, 7) is 4.17. The second kappa shape index (κ2) is 7.79. The van der Waals surface area contributed by atoms with Crippen LogP contribution in [0.4, 0.5) is 0 Å². The Hall–Kier alpha value is -3.23. The Balaban J connectivity index is 1.74. The number of para-hydroxylation sites is 1. The highest BCUT2D eigenvalue weighted by Gasteiger charge is 2.29. The molecule has 0 aliphatic carbocycles. The van der Waals surface area contributed by atoms with Crippen LogP contribution in [0.25, 0.3) is 10.9 Å². The standard InChI is InChI=1S/C23H21N3O2/c1-16(13-24)28-23(27)22-18-9-5-6-10-20(18)25-21-11-12-26(15-19(21)22)14-17-7-3-2-4-8-17/h2-10,16H,11-12,14-15H2,1H3/p+1/t16-/m0/s1. The van der Waals surface area contributed by atoms with E-state index in [0.29, 0.717) is 12.1 Å². The molecule has 140 valence electrons. The Morgan fingerprint density at radius 1 is 1.21 bits per heavy atom. The minimum absolute atomic E-state index is 0.440. The molecule has 0 bridgehead atoms. The first kappa shape index (κ1) is 18.1. The number of pyridine rings is 1. The summed E-state index contributed by atoms with van der Waals surface area (Å²) in [5.74, 6) is -0.440. The average molecular weight is 372 g/mol. The van der Waals surface area contributed by atoms with Crippen molar-refractivity contribution in [3.63, 3.8) is 0 Å². The normalized spacial score (nSPS) is 16.8. The highest BCUT2D eigenvalue weighted by molar-refractivity contribution is 6.05. The van der Waals surface area contributed by atoms with E-state index in [1.54, 1.807) is 6.92 Å². The molecule has 0 saturated heterocycles. The Labute approximate surface area is 164 Å². The smallest absolute Gasteiger partial charge is 0.340 e. The van der Waals surface area contributed by atoms with Crippen LogP contribution in [0.1, 0.15) is 34.1 Å². The van der Waals surface area contributed by atoms with E-state index in [-0.39, 0.29) is 0 Å². The first-order valence-corrected chi connectivity index (χ1v) is 9.54. The third kappa shape index (κ3) is 3.60. The minimum Gasteiger partial charge on any atom is -0.444 e. The van der Waals surface area contributed by atoms with Crippen LogP contribution in [0, 0.1) is 11.3 Å². The number of carbonyl (C=O) groups excluding carboxylic acids is 1. The van der Waals surface area contributed by atoms with E-state index in [2.05, 4.69) is 12.1 Å². The van der Waals surface area contributed by atoms with Gasteiger partial charge in [0.05, 0.1) is 23.3 Å². The van der Waals surface area contributed by atoms with Crippen LogP contribution in [0.3, 0.4) is 0 Å². The Kier molecular flexibility index (Phi) is 5.05. The van der Waals surface area contributed by atoms with E-state index in [1.165, 1.54) is 10.5 Å². The molecule has 1 aliphatic rings. The second-order valence-electron chi connectivity index (χ2n) is 7.19. The Bertz CT molecular complexity index is 1060. The number of quaternary nitrogens is 1. The zero-order valence-electron chi connectivity index (χ0n) is 15.8. The molecular formula is C23H22N3O2+. The maximum absolute atomic E-state index is 13.0. The van der Waals surface area contributed by atoms with Gasteiger partial charge in [-0.3, -0.25) is 4.98 Å². The summed E-state index contributed by atoms with van der Waals surface area (Å²) in [6, 6.07) is 20.0. The van der Waals surface area contributed by atoms with Crippen molar-refractivity contribution < 1.29 is 14.4 Å². The molecule has 2 heterocycles. The highest BCUT2D eigenvalue weighted by Crippen LogP contribution is 2.26. The number of carbonyl (C=O) groups is 1. The van der Waals surface area contributed by atoms with Gasteiger partial charge in [-0.2, -0.15) is 5.26 Å². The van der Waals surface area contributed by atoms with Gasteiger partial charge in [0, 0.05) is 22.9 Å². The molecule has 0 spiro atoms. The molecule has 4 rings (SSSR count). The predicted octanol–water partition coefficient (Wildman–Crippen LogP) is 2.44. The van der Waals surface area contributed by atoms with Crippen LogP contribution >= 0.6 is 0 Å². The molecule has 0 fully saturated rings. The zero-order chi connectivity index (χ0) is 19.5. The van der Waals surface area contributed by atoms with Crippen LogP contribution in [0.15, 0.2) is 54.6 Å². The lowest BCUT2D eigenvalue weighted by Gasteiger charge is -2.27. The fourth-order valence-electron chi connectivity index (χ4n) is 3.85. The summed E-state index contributed by atoms with van der Waals surface area (Å²) in [6.07, 6.45) is 0.0302. The van der Waals surface area contributed by atoms with Gasteiger partial charge in [0.1, 0.15) is 19.2 Å². The van der Waals surface area contributed by atoms with Gasteiger partial charge in [-0.1, -0.05) is 48.5 Å². The molecule has 1 aliphatic heterocycles. The Morgan fingerprint density at radius 3 is 2.75 bits per heavy atom. The number of ether oxygens (including phenoxy) is 1. The van der Waals surface area contributed by atoms with Crippen LogP contribution in [0.2, 0.25) is 0 Å². The minimum atomic E-state index is -0.786. The van der Waals surface area contributed by atoms with Crippen molar-refractivity contribution >= 4 is 16.9 Å². The molecule has 5 nitrogen and oxygen atoms in total. The number of nitrogens with one attached hydrogen (secondary N) is 1. The number of esters is 1. The molecule has 0 amide bonds. The first-order chi connectivity index (χ1) is 13.7. The lowest BCUT2D eigenvalue weighted by atomic mass is 9.95. The molecule has 3 aromatic rings. The lowest BCUT2D eigenvalue weighted by molar-refractivity contribution is -0.929. The third-order valence-electron chi connectivity index (χ3n) is 5.19. The molecule has 1 unspecified atom stereocenters. The summed E-state index contributed by atoms with van der Waals surface area (Å²) in [5.41, 5.74) is 4.55. The van der Waals surface area contributed by atoms with Crippen molar-refractivity contribution in [3.8, 4) is 6.07 Å². The fraction of sp³-hybridized carbons (Fsp3) is 0.261. The fourth-order valence-corrected chi connectivity index (χ4v) is 3.85. The van der Waals surface area contributed by atoms with Gasteiger partial charge in [-0.05, 0) is 13.0 Å². The highest BCUT2D eigenvalue weighted by atomic mass is 16.5. The van der Waals surface area contributed by atoms with Crippen LogP contribution < -0.4 is 4.90 Å². The Morgan fingerprint density at radius 2 is 1.96 bits per heavy atom. The maximum Gasteiger partial charge on any atom is 0.340 e. The van der Waals surface area contributed by atoms with Crippen LogP contribution in [-0.2, 0) is 24.2 Å². The zero-order valence-corrected chi connectivity index (χ0v) is 15.8. The number of rotatable bonds is 4. The molecule has 28 heavy (non-hydrogen) atoms. The number of nitriles is 1.